The summed E-state index contributed by atoms with van der Waals surface area (Å²) in [6.45, 7) is 10.7. The summed E-state index contributed by atoms with van der Waals surface area (Å²) < 4.78 is 0. The quantitative estimate of drug-likeness (QED) is 0.0532. The Bertz CT molecular complexity index is 3230. The van der Waals surface area contributed by atoms with Crippen LogP contribution in [-0.2, 0) is 13.0 Å². The highest BCUT2D eigenvalue weighted by Crippen LogP contribution is 2.41. The summed E-state index contributed by atoms with van der Waals surface area (Å²) >= 11 is 0. The second kappa shape index (κ2) is 20.4. The topological polar surface area (TPSA) is 75.8 Å². The number of allylic oxidation sites excluding steroid dienone is 9. The van der Waals surface area contributed by atoms with Gasteiger partial charge in [0.15, 0.2) is 23.3 Å². The largest absolute Gasteiger partial charge is 0.261 e. The third-order valence-electron chi connectivity index (χ3n) is 11.6. The monoisotopic (exact) mass is 852 g/mol. The molecule has 0 N–H and O–H groups in total. The van der Waals surface area contributed by atoms with Crippen LogP contribution in [-0.4, -0.2) is 33.3 Å². The van der Waals surface area contributed by atoms with E-state index in [9.17, 15) is 0 Å². The molecule has 0 spiro atoms. The number of rotatable bonds is 12. The molecule has 0 amide bonds. The van der Waals surface area contributed by atoms with Crippen LogP contribution in [0.5, 0.6) is 0 Å². The minimum Gasteiger partial charge on any atom is -0.261 e. The van der Waals surface area contributed by atoms with Gasteiger partial charge in [-0.1, -0.05) is 219 Å². The Morgan fingerprint density at radius 2 is 1.12 bits per heavy atom. The summed E-state index contributed by atoms with van der Waals surface area (Å²) in [6, 6.07) is 57.9. The lowest BCUT2D eigenvalue weighted by molar-refractivity contribution is 1.02. The minimum atomic E-state index is 0.449. The summed E-state index contributed by atoms with van der Waals surface area (Å²) in [5.41, 5.74) is 10.3. The zero-order chi connectivity index (χ0) is 45.1. The van der Waals surface area contributed by atoms with E-state index in [0.29, 0.717) is 48.5 Å². The zero-order valence-electron chi connectivity index (χ0n) is 36.9. The van der Waals surface area contributed by atoms with Crippen molar-refractivity contribution >= 4 is 56.7 Å². The van der Waals surface area contributed by atoms with Crippen molar-refractivity contribution in [1.82, 2.24) is 15.0 Å². The van der Waals surface area contributed by atoms with Gasteiger partial charge in [0.05, 0.1) is 6.54 Å². The first-order chi connectivity index (χ1) is 32.6. The van der Waals surface area contributed by atoms with Crippen LogP contribution in [0.25, 0.3) is 61.0 Å². The molecular weight excluding hydrogens is 805 g/mol. The molecule has 0 aliphatic heterocycles. The van der Waals surface area contributed by atoms with Gasteiger partial charge in [0.25, 0.3) is 0 Å². The van der Waals surface area contributed by atoms with Gasteiger partial charge in [-0.05, 0) is 75.0 Å². The summed E-state index contributed by atoms with van der Waals surface area (Å²) in [5, 5.41) is 4.70. The van der Waals surface area contributed by atoms with Crippen LogP contribution in [0, 0.1) is 0 Å². The SMILES string of the molecule is C=C/C(=C\C=C(/C)c1c(C2=CC=C(c3nc(-c4ccccc4)nc(-c4ccccc4)n3)CC=C2)c2ccccc2c2ccccc12)C(N=C(Cc1ccccc1)N=C)=NCc1ccccc1. The van der Waals surface area contributed by atoms with Gasteiger partial charge in [0.2, 0.25) is 0 Å². The summed E-state index contributed by atoms with van der Waals surface area (Å²) in [5.74, 6) is 3.04. The van der Waals surface area contributed by atoms with Gasteiger partial charge < -0.3 is 0 Å². The smallest absolute Gasteiger partial charge is 0.164 e. The second-order valence-electron chi connectivity index (χ2n) is 15.9. The van der Waals surface area contributed by atoms with E-state index in [-0.39, 0.29) is 0 Å². The van der Waals surface area contributed by atoms with E-state index in [2.05, 4.69) is 134 Å². The molecule has 1 aliphatic carbocycles. The highest BCUT2D eigenvalue weighted by atomic mass is 15.0. The van der Waals surface area contributed by atoms with Crippen molar-refractivity contribution in [3.63, 3.8) is 0 Å². The third-order valence-corrected chi connectivity index (χ3v) is 11.6. The first kappa shape index (κ1) is 42.8. The molecule has 0 saturated heterocycles. The molecule has 1 aliphatic rings. The molecule has 66 heavy (non-hydrogen) atoms. The van der Waals surface area contributed by atoms with Crippen LogP contribution in [0.2, 0.25) is 0 Å². The van der Waals surface area contributed by atoms with Crippen molar-refractivity contribution in [3.05, 3.63) is 253 Å². The number of aliphatic imine (C=N–C) groups is 3. The summed E-state index contributed by atoms with van der Waals surface area (Å²) in [6.07, 6.45) is 16.0. The fourth-order valence-electron chi connectivity index (χ4n) is 8.27. The fraction of sp³-hybridized carbons (Fsp3) is 0.0667. The number of aromatic nitrogens is 3. The standard InChI is InChI=1S/C60H48N6/c1-4-45(57(62-41-44-24-11-6-12-25-44)63-54(61-3)40-43-22-9-5-10-23-43)37-36-42(2)55-52-34-19-17-32-50(52)51-33-18-20-35-53(51)56(55)46-30-21-31-49(39-38-46)60-65-58(47-26-13-7-14-27-47)64-59(66-60)48-28-15-8-16-29-48/h4-30,32-39H,1,3,31,40-41H2,2H3/b42-36+,45-37+,62-57?,63-54?. The molecule has 0 fully saturated rings. The van der Waals surface area contributed by atoms with E-state index in [0.717, 1.165) is 66.4 Å². The number of hydrogen-bond donors (Lipinski definition) is 0. The van der Waals surface area contributed by atoms with Gasteiger partial charge >= 0.3 is 0 Å². The van der Waals surface area contributed by atoms with Gasteiger partial charge in [-0.2, -0.15) is 0 Å². The maximum atomic E-state index is 5.06. The molecule has 6 heteroatoms. The predicted octanol–water partition coefficient (Wildman–Crippen LogP) is 14.4. The Kier molecular flexibility index (Phi) is 13.2. The summed E-state index contributed by atoms with van der Waals surface area (Å²) in [7, 11) is 0. The van der Waals surface area contributed by atoms with Crippen molar-refractivity contribution < 1.29 is 0 Å². The van der Waals surface area contributed by atoms with Crippen LogP contribution in [0.1, 0.15) is 41.4 Å². The van der Waals surface area contributed by atoms with Crippen molar-refractivity contribution in [2.24, 2.45) is 15.0 Å². The lowest BCUT2D eigenvalue weighted by atomic mass is 9.84. The molecule has 1 heterocycles. The van der Waals surface area contributed by atoms with Crippen molar-refractivity contribution in [3.8, 4) is 22.8 Å². The van der Waals surface area contributed by atoms with E-state index < -0.39 is 0 Å². The molecule has 0 saturated carbocycles. The van der Waals surface area contributed by atoms with Gasteiger partial charge in [0.1, 0.15) is 5.84 Å². The van der Waals surface area contributed by atoms with E-state index in [1.807, 2.05) is 103 Å². The lowest BCUT2D eigenvalue weighted by Gasteiger charge is -2.19. The van der Waals surface area contributed by atoms with E-state index in [1.165, 1.54) is 10.8 Å². The number of amidine groups is 2. The molecule has 0 bridgehead atoms. The summed E-state index contributed by atoms with van der Waals surface area (Å²) in [4.78, 5) is 29.5. The number of hydrogen-bond acceptors (Lipinski definition) is 4. The van der Waals surface area contributed by atoms with Gasteiger partial charge in [-0.15, -0.1) is 0 Å². The Hall–Kier alpha value is -8.48. The first-order valence-electron chi connectivity index (χ1n) is 22.1. The Balaban J connectivity index is 1.17. The average Bonchev–Trinajstić information content (AvgIpc) is 3.64. The molecule has 6 nitrogen and oxygen atoms in total. The zero-order valence-corrected chi connectivity index (χ0v) is 36.9. The Labute approximate surface area is 386 Å². The molecule has 0 unspecified atom stereocenters. The van der Waals surface area contributed by atoms with Crippen LogP contribution < -0.4 is 0 Å². The maximum absolute atomic E-state index is 5.06. The van der Waals surface area contributed by atoms with Crippen LogP contribution in [0.3, 0.4) is 0 Å². The minimum absolute atomic E-state index is 0.449. The Morgan fingerprint density at radius 1 is 0.591 bits per heavy atom. The molecule has 0 radical (unpaired) electrons. The molecule has 8 aromatic rings. The van der Waals surface area contributed by atoms with Gasteiger partial charge in [0, 0.05) is 28.7 Å². The van der Waals surface area contributed by atoms with E-state index >= 15 is 0 Å². The lowest BCUT2D eigenvalue weighted by Crippen LogP contribution is -2.07. The van der Waals surface area contributed by atoms with E-state index in [4.69, 9.17) is 24.9 Å². The first-order valence-corrected chi connectivity index (χ1v) is 22.1. The highest BCUT2D eigenvalue weighted by molar-refractivity contribution is 6.18. The van der Waals surface area contributed by atoms with Gasteiger partial charge in [-0.25, -0.2) is 24.9 Å². The number of benzene rings is 7. The third kappa shape index (κ3) is 9.69. The van der Waals surface area contributed by atoms with Crippen molar-refractivity contribution in [1.29, 1.82) is 0 Å². The van der Waals surface area contributed by atoms with Crippen molar-refractivity contribution in [2.45, 2.75) is 26.3 Å². The predicted molar refractivity (Wildman–Crippen MR) is 279 cm³/mol. The average molecular weight is 853 g/mol. The number of fused-ring (bicyclic) bond motifs is 3. The van der Waals surface area contributed by atoms with Crippen molar-refractivity contribution in [2.75, 3.05) is 0 Å². The molecule has 9 rings (SSSR count). The van der Waals surface area contributed by atoms with E-state index in [1.54, 1.807) is 0 Å². The fourth-order valence-corrected chi connectivity index (χ4v) is 8.27. The maximum Gasteiger partial charge on any atom is 0.164 e. The van der Waals surface area contributed by atoms with Crippen LogP contribution in [0.15, 0.2) is 240 Å². The number of nitrogens with zero attached hydrogens (tertiary/aromatic N) is 6. The molecule has 7 aromatic carbocycles. The highest BCUT2D eigenvalue weighted by Gasteiger charge is 2.20. The molecular formula is C60H48N6. The van der Waals surface area contributed by atoms with Gasteiger partial charge in [-0.3, -0.25) is 4.99 Å². The normalized spacial score (nSPS) is 13.6. The molecule has 318 valence electrons. The van der Waals surface area contributed by atoms with Crippen LogP contribution >= 0.6 is 0 Å². The molecule has 0 atom stereocenters. The van der Waals surface area contributed by atoms with Crippen LogP contribution in [0.4, 0.5) is 0 Å². The molecule has 1 aromatic heterocycles. The second-order valence-corrected chi connectivity index (χ2v) is 15.9. The Morgan fingerprint density at radius 3 is 1.73 bits per heavy atom.